The van der Waals surface area contributed by atoms with Crippen LogP contribution in [0.5, 0.6) is 11.5 Å². The van der Waals surface area contributed by atoms with Crippen molar-refractivity contribution < 1.29 is 13.9 Å². The van der Waals surface area contributed by atoms with Gasteiger partial charge in [-0.2, -0.15) is 0 Å². The Labute approximate surface area is 183 Å². The Morgan fingerprint density at radius 1 is 0.677 bits per heavy atom. The van der Waals surface area contributed by atoms with Gasteiger partial charge in [0.25, 0.3) is 0 Å². The van der Waals surface area contributed by atoms with Crippen LogP contribution in [0, 0.1) is 0 Å². The summed E-state index contributed by atoms with van der Waals surface area (Å²) >= 11 is 0. The summed E-state index contributed by atoms with van der Waals surface area (Å²) in [6.45, 7) is 5.77. The number of hydrogen-bond donors (Lipinski definition) is 0. The predicted octanol–water partition coefficient (Wildman–Crippen LogP) is 7.46. The molecule has 164 valence electrons. The van der Waals surface area contributed by atoms with Crippen molar-refractivity contribution in [2.24, 2.45) is 0 Å². The number of ether oxygens (including phenoxy) is 2. The van der Waals surface area contributed by atoms with Gasteiger partial charge in [-0.25, -0.2) is 4.79 Å². The Balaban J connectivity index is 1.77. The van der Waals surface area contributed by atoms with Crippen LogP contribution in [0.1, 0.15) is 65.2 Å². The highest BCUT2D eigenvalue weighted by Gasteiger charge is 2.18. The fourth-order valence-corrected chi connectivity index (χ4v) is 4.32. The molecule has 4 aromatic rings. The third-order valence-corrected chi connectivity index (χ3v) is 5.93. The highest BCUT2D eigenvalue weighted by Crippen LogP contribution is 2.43. The van der Waals surface area contributed by atoms with E-state index >= 15 is 0 Å². The van der Waals surface area contributed by atoms with Gasteiger partial charge in [0.15, 0.2) is 0 Å². The first-order chi connectivity index (χ1) is 15.2. The summed E-state index contributed by atoms with van der Waals surface area (Å²) in [5.74, 6) is 1.63. The lowest BCUT2D eigenvalue weighted by Crippen LogP contribution is -2.03. The van der Waals surface area contributed by atoms with E-state index in [2.05, 4.69) is 19.9 Å². The average molecular weight is 421 g/mol. The molecule has 0 bridgehead atoms. The third kappa shape index (κ3) is 4.63. The van der Waals surface area contributed by atoms with E-state index in [1.54, 1.807) is 6.07 Å². The fraction of sp³-hybridized carbons (Fsp3) is 0.444. The van der Waals surface area contributed by atoms with Gasteiger partial charge >= 0.3 is 5.63 Å². The second kappa shape index (κ2) is 10.0. The maximum absolute atomic E-state index is 12.1. The highest BCUT2D eigenvalue weighted by atomic mass is 16.5. The topological polar surface area (TPSA) is 48.7 Å². The summed E-state index contributed by atoms with van der Waals surface area (Å²) in [7, 11) is 0. The van der Waals surface area contributed by atoms with Crippen molar-refractivity contribution in [3.8, 4) is 11.5 Å². The highest BCUT2D eigenvalue weighted by molar-refractivity contribution is 6.24. The smallest absolute Gasteiger partial charge is 0.336 e. The summed E-state index contributed by atoms with van der Waals surface area (Å²) in [4.78, 5) is 12.1. The molecular formula is C27H32O4. The van der Waals surface area contributed by atoms with E-state index in [-0.39, 0.29) is 5.63 Å². The first-order valence-corrected chi connectivity index (χ1v) is 11.7. The van der Waals surface area contributed by atoms with Crippen LogP contribution in [0.3, 0.4) is 0 Å². The Hall–Kier alpha value is -2.75. The van der Waals surface area contributed by atoms with Gasteiger partial charge < -0.3 is 13.9 Å². The van der Waals surface area contributed by atoms with E-state index in [0.717, 1.165) is 57.7 Å². The predicted molar refractivity (Wildman–Crippen MR) is 128 cm³/mol. The van der Waals surface area contributed by atoms with Crippen LogP contribution in [0.4, 0.5) is 0 Å². The van der Waals surface area contributed by atoms with Crippen molar-refractivity contribution in [1.29, 1.82) is 0 Å². The van der Waals surface area contributed by atoms with Gasteiger partial charge in [-0.05, 0) is 41.8 Å². The van der Waals surface area contributed by atoms with Crippen LogP contribution in [-0.2, 0) is 0 Å². The second-order valence-electron chi connectivity index (χ2n) is 8.32. The van der Waals surface area contributed by atoms with E-state index in [1.807, 2.05) is 24.3 Å². The number of benzene rings is 3. The molecule has 1 heterocycles. The first kappa shape index (κ1) is 21.5. The van der Waals surface area contributed by atoms with E-state index in [9.17, 15) is 4.79 Å². The van der Waals surface area contributed by atoms with Crippen molar-refractivity contribution in [3.63, 3.8) is 0 Å². The Morgan fingerprint density at radius 3 is 2.06 bits per heavy atom. The molecule has 0 atom stereocenters. The molecule has 0 N–H and O–H groups in total. The Kier molecular flexibility index (Phi) is 6.96. The quantitative estimate of drug-likeness (QED) is 0.136. The molecule has 0 unspecified atom stereocenters. The lowest BCUT2D eigenvalue weighted by Gasteiger charge is -2.18. The molecule has 0 amide bonds. The van der Waals surface area contributed by atoms with Crippen LogP contribution in [-0.4, -0.2) is 13.2 Å². The van der Waals surface area contributed by atoms with Crippen molar-refractivity contribution in [2.75, 3.05) is 13.2 Å². The minimum Gasteiger partial charge on any atom is -0.493 e. The minimum atomic E-state index is -0.341. The Morgan fingerprint density at radius 2 is 1.35 bits per heavy atom. The molecule has 4 nitrogen and oxygen atoms in total. The SMILES string of the molecule is CCCCCCOc1ccc2ccc3oc(=O)cc4cc(OCCCCCC)c1c2c43. The number of rotatable bonds is 12. The van der Waals surface area contributed by atoms with Crippen LogP contribution in [0.25, 0.3) is 32.5 Å². The summed E-state index contributed by atoms with van der Waals surface area (Å²) in [6, 6.07) is 11.5. The van der Waals surface area contributed by atoms with Gasteiger partial charge in [-0.1, -0.05) is 64.5 Å². The monoisotopic (exact) mass is 420 g/mol. The lowest BCUT2D eigenvalue weighted by molar-refractivity contribution is 0.298. The molecule has 4 rings (SSSR count). The number of unbranched alkanes of at least 4 members (excludes halogenated alkanes) is 6. The normalized spacial score (nSPS) is 11.7. The standard InChI is InChI=1S/C27H32O4/c1-3-5-7-9-15-29-21-13-11-19-12-14-22-25-20(18-24(28)31-22)17-23(27(21)26(19)25)30-16-10-8-6-4-2/h11-14,17-18H,3-10,15-16H2,1-2H3. The van der Waals surface area contributed by atoms with E-state index in [0.29, 0.717) is 18.8 Å². The third-order valence-electron chi connectivity index (χ3n) is 5.93. The molecule has 0 spiro atoms. The maximum atomic E-state index is 12.1. The van der Waals surface area contributed by atoms with Gasteiger partial charge in [0.1, 0.15) is 17.1 Å². The molecule has 1 aromatic heterocycles. The molecular weight excluding hydrogens is 388 g/mol. The van der Waals surface area contributed by atoms with E-state index in [4.69, 9.17) is 13.9 Å². The Bertz CT molecular complexity index is 1190. The molecule has 4 heteroatoms. The molecule has 0 saturated carbocycles. The van der Waals surface area contributed by atoms with Crippen LogP contribution in [0.15, 0.2) is 45.6 Å². The maximum Gasteiger partial charge on any atom is 0.336 e. The molecule has 0 radical (unpaired) electrons. The molecule has 0 aliphatic heterocycles. The average Bonchev–Trinajstić information content (AvgIpc) is 2.77. The molecule has 0 aliphatic rings. The van der Waals surface area contributed by atoms with Crippen molar-refractivity contribution in [2.45, 2.75) is 65.2 Å². The van der Waals surface area contributed by atoms with E-state index < -0.39 is 0 Å². The number of hydrogen-bond acceptors (Lipinski definition) is 4. The van der Waals surface area contributed by atoms with Crippen LogP contribution in [0.2, 0.25) is 0 Å². The van der Waals surface area contributed by atoms with Gasteiger partial charge in [0, 0.05) is 16.8 Å². The zero-order chi connectivity index (χ0) is 21.6. The lowest BCUT2D eigenvalue weighted by atomic mass is 9.96. The van der Waals surface area contributed by atoms with Gasteiger partial charge in [0.2, 0.25) is 0 Å². The minimum absolute atomic E-state index is 0.341. The van der Waals surface area contributed by atoms with Crippen LogP contribution >= 0.6 is 0 Å². The van der Waals surface area contributed by atoms with E-state index in [1.165, 1.54) is 32.1 Å². The molecule has 0 aliphatic carbocycles. The summed E-state index contributed by atoms with van der Waals surface area (Å²) in [5, 5.41) is 4.94. The second-order valence-corrected chi connectivity index (χ2v) is 8.32. The van der Waals surface area contributed by atoms with Gasteiger partial charge in [-0.3, -0.25) is 0 Å². The summed E-state index contributed by atoms with van der Waals surface area (Å²) in [5.41, 5.74) is 0.266. The molecule has 3 aromatic carbocycles. The van der Waals surface area contributed by atoms with Crippen molar-refractivity contribution >= 4 is 32.5 Å². The molecule has 0 saturated heterocycles. The molecule has 0 fully saturated rings. The summed E-state index contributed by atoms with van der Waals surface area (Å²) in [6.07, 6.45) is 9.24. The molecule has 31 heavy (non-hydrogen) atoms. The van der Waals surface area contributed by atoms with Gasteiger partial charge in [-0.15, -0.1) is 0 Å². The zero-order valence-corrected chi connectivity index (χ0v) is 18.7. The largest absolute Gasteiger partial charge is 0.493 e. The zero-order valence-electron chi connectivity index (χ0n) is 18.7. The summed E-state index contributed by atoms with van der Waals surface area (Å²) < 4.78 is 18.0. The van der Waals surface area contributed by atoms with Crippen LogP contribution < -0.4 is 15.1 Å². The van der Waals surface area contributed by atoms with Gasteiger partial charge in [0.05, 0.1) is 18.6 Å². The first-order valence-electron chi connectivity index (χ1n) is 11.7. The fourth-order valence-electron chi connectivity index (χ4n) is 4.32. The van der Waals surface area contributed by atoms with Crippen molar-refractivity contribution in [1.82, 2.24) is 0 Å². The van der Waals surface area contributed by atoms with Crippen molar-refractivity contribution in [3.05, 3.63) is 46.8 Å².